The van der Waals surface area contributed by atoms with Gasteiger partial charge in [0, 0.05) is 30.2 Å². The molecule has 1 atom stereocenters. The second kappa shape index (κ2) is 9.91. The molecule has 0 bridgehead atoms. The Balaban J connectivity index is 1.54. The van der Waals surface area contributed by atoms with Crippen LogP contribution >= 0.6 is 11.3 Å². The number of H-pyrrole nitrogens is 1. The minimum absolute atomic E-state index is 0.00697. The van der Waals surface area contributed by atoms with Gasteiger partial charge < -0.3 is 20.7 Å². The number of guanidine groups is 1. The Hall–Kier alpha value is -2.36. The Morgan fingerprint density at radius 2 is 2.07 bits per heavy atom. The van der Waals surface area contributed by atoms with Crippen LogP contribution in [0.25, 0.3) is 10.9 Å². The average Bonchev–Trinajstić information content (AvgIpc) is 3.37. The highest BCUT2D eigenvalue weighted by Crippen LogP contribution is 2.18. The van der Waals surface area contributed by atoms with Gasteiger partial charge in [-0.1, -0.05) is 24.3 Å². The van der Waals surface area contributed by atoms with Crippen LogP contribution in [0.1, 0.15) is 12.5 Å². The average molecular weight is 435 g/mol. The molecule has 0 aliphatic carbocycles. The van der Waals surface area contributed by atoms with Crippen LogP contribution in [0.5, 0.6) is 0 Å². The van der Waals surface area contributed by atoms with Gasteiger partial charge in [0.15, 0.2) is 15.8 Å². The molecule has 29 heavy (non-hydrogen) atoms. The molecule has 0 aliphatic rings. The summed E-state index contributed by atoms with van der Waals surface area (Å²) >= 11 is 1.15. The van der Waals surface area contributed by atoms with Crippen molar-refractivity contribution in [2.45, 2.75) is 23.7 Å². The van der Waals surface area contributed by atoms with E-state index in [2.05, 4.69) is 26.7 Å². The number of thiophene rings is 1. The Morgan fingerprint density at radius 1 is 1.24 bits per heavy atom. The van der Waals surface area contributed by atoms with E-state index in [1.807, 2.05) is 31.3 Å². The van der Waals surface area contributed by atoms with Gasteiger partial charge >= 0.3 is 0 Å². The van der Waals surface area contributed by atoms with Crippen molar-refractivity contribution in [3.63, 3.8) is 0 Å². The fourth-order valence-corrected chi connectivity index (χ4v) is 5.49. The van der Waals surface area contributed by atoms with Crippen LogP contribution in [0.3, 0.4) is 0 Å². The molecule has 3 aromatic rings. The normalized spacial score (nSPS) is 13.5. The van der Waals surface area contributed by atoms with Gasteiger partial charge in [-0.2, -0.15) is 0 Å². The molecule has 0 amide bonds. The van der Waals surface area contributed by atoms with Crippen LogP contribution < -0.4 is 10.6 Å². The molecule has 0 saturated heterocycles. The lowest BCUT2D eigenvalue weighted by Crippen LogP contribution is -2.39. The van der Waals surface area contributed by atoms with Crippen molar-refractivity contribution >= 4 is 38.0 Å². The number of aromatic amines is 1. The Bertz CT molecular complexity index is 1040. The molecule has 9 heteroatoms. The van der Waals surface area contributed by atoms with Gasteiger partial charge in [-0.05, 0) is 36.4 Å². The van der Waals surface area contributed by atoms with E-state index in [1.54, 1.807) is 17.5 Å². The molecule has 0 spiro atoms. The zero-order chi connectivity index (χ0) is 20.7. The number of sulfone groups is 1. The van der Waals surface area contributed by atoms with E-state index in [0.29, 0.717) is 19.0 Å². The fraction of sp³-hybridized carbons (Fsp3) is 0.350. The van der Waals surface area contributed by atoms with Crippen LogP contribution in [-0.2, 0) is 16.3 Å². The van der Waals surface area contributed by atoms with Gasteiger partial charge in [-0.15, -0.1) is 11.3 Å². The van der Waals surface area contributed by atoms with Crippen LogP contribution in [0, 0.1) is 0 Å². The van der Waals surface area contributed by atoms with Crippen molar-refractivity contribution in [1.82, 2.24) is 15.6 Å². The number of nitrogens with one attached hydrogen (secondary N) is 3. The third-order valence-electron chi connectivity index (χ3n) is 4.38. The lowest BCUT2D eigenvalue weighted by molar-refractivity contribution is 0.206. The maximum absolute atomic E-state index is 12.3. The first-order valence-corrected chi connectivity index (χ1v) is 12.0. The zero-order valence-corrected chi connectivity index (χ0v) is 17.9. The van der Waals surface area contributed by atoms with E-state index < -0.39 is 15.9 Å². The maximum Gasteiger partial charge on any atom is 0.191 e. The summed E-state index contributed by atoms with van der Waals surface area (Å²) in [5, 5.41) is 19.4. The first-order chi connectivity index (χ1) is 14.0. The number of aromatic nitrogens is 1. The molecule has 0 radical (unpaired) electrons. The van der Waals surface area contributed by atoms with Gasteiger partial charge in [0.25, 0.3) is 0 Å². The number of para-hydroxylation sites is 1. The molecular formula is C20H26N4O3S2. The maximum atomic E-state index is 12.3. The van der Waals surface area contributed by atoms with Crippen molar-refractivity contribution in [2.75, 3.05) is 25.4 Å². The van der Waals surface area contributed by atoms with Crippen LogP contribution in [0.15, 0.2) is 57.2 Å². The highest BCUT2D eigenvalue weighted by Gasteiger charge is 2.20. The predicted octanol–water partition coefficient (Wildman–Crippen LogP) is 2.16. The van der Waals surface area contributed by atoms with E-state index in [-0.39, 0.29) is 16.5 Å². The van der Waals surface area contributed by atoms with Crippen LogP contribution in [0.2, 0.25) is 0 Å². The van der Waals surface area contributed by atoms with Crippen LogP contribution in [0.4, 0.5) is 0 Å². The molecule has 0 fully saturated rings. The second-order valence-corrected chi connectivity index (χ2v) is 9.83. The van der Waals surface area contributed by atoms with E-state index in [0.717, 1.165) is 23.3 Å². The Morgan fingerprint density at radius 3 is 2.83 bits per heavy atom. The van der Waals surface area contributed by atoms with Crippen molar-refractivity contribution in [3.05, 3.63) is 53.5 Å². The minimum Gasteiger partial charge on any atom is -0.390 e. The van der Waals surface area contributed by atoms with Crippen LogP contribution in [-0.4, -0.2) is 56.0 Å². The topological polar surface area (TPSA) is 107 Å². The first-order valence-electron chi connectivity index (χ1n) is 9.51. The quantitative estimate of drug-likeness (QED) is 0.305. The molecule has 3 rings (SSSR count). The fourth-order valence-electron chi connectivity index (χ4n) is 3.02. The number of nitrogens with zero attached hydrogens (tertiary/aromatic N) is 1. The summed E-state index contributed by atoms with van der Waals surface area (Å²) in [5.41, 5.74) is 2.32. The molecule has 1 unspecified atom stereocenters. The molecule has 1 aromatic carbocycles. The molecule has 0 saturated carbocycles. The van der Waals surface area contributed by atoms with Crippen molar-refractivity contribution < 1.29 is 13.5 Å². The van der Waals surface area contributed by atoms with Gasteiger partial charge in [0.05, 0.1) is 18.4 Å². The smallest absolute Gasteiger partial charge is 0.191 e. The Kier molecular flexibility index (Phi) is 7.29. The number of benzene rings is 1. The van der Waals surface area contributed by atoms with Crippen molar-refractivity contribution in [2.24, 2.45) is 4.99 Å². The summed E-state index contributed by atoms with van der Waals surface area (Å²) in [4.78, 5) is 7.60. The lowest BCUT2D eigenvalue weighted by Gasteiger charge is -2.13. The summed E-state index contributed by atoms with van der Waals surface area (Å²) < 4.78 is 24.8. The van der Waals surface area contributed by atoms with E-state index in [1.165, 1.54) is 10.9 Å². The summed E-state index contributed by atoms with van der Waals surface area (Å²) in [6, 6.07) is 11.4. The zero-order valence-electron chi connectivity index (χ0n) is 16.3. The monoisotopic (exact) mass is 434 g/mol. The highest BCUT2D eigenvalue weighted by atomic mass is 32.2. The lowest BCUT2D eigenvalue weighted by atomic mass is 10.1. The second-order valence-electron chi connectivity index (χ2n) is 6.62. The number of hydrogen-bond donors (Lipinski definition) is 4. The number of aliphatic hydroxyl groups excluding tert-OH is 1. The third kappa shape index (κ3) is 5.81. The molecular weight excluding hydrogens is 408 g/mol. The number of hydrogen-bond acceptors (Lipinski definition) is 5. The van der Waals surface area contributed by atoms with E-state index in [4.69, 9.17) is 0 Å². The van der Waals surface area contributed by atoms with Gasteiger partial charge in [0.1, 0.15) is 4.21 Å². The highest BCUT2D eigenvalue weighted by molar-refractivity contribution is 7.93. The largest absolute Gasteiger partial charge is 0.390 e. The van der Waals surface area contributed by atoms with Gasteiger partial charge in [-0.3, -0.25) is 4.99 Å². The number of rotatable bonds is 9. The molecule has 2 heterocycles. The molecule has 156 valence electrons. The number of aliphatic hydroxyl groups is 1. The third-order valence-corrected chi connectivity index (χ3v) is 7.66. The first kappa shape index (κ1) is 21.4. The molecule has 4 N–H and O–H groups in total. The number of aliphatic imine (C=N–C) groups is 1. The summed E-state index contributed by atoms with van der Waals surface area (Å²) in [6.07, 6.45) is 1.76. The van der Waals surface area contributed by atoms with Crippen molar-refractivity contribution in [3.8, 4) is 0 Å². The summed E-state index contributed by atoms with van der Waals surface area (Å²) in [7, 11) is -3.49. The summed E-state index contributed by atoms with van der Waals surface area (Å²) in [6.45, 7) is 3.29. The number of fused-ring (bicyclic) bond motifs is 1. The van der Waals surface area contributed by atoms with Gasteiger partial charge in [0.2, 0.25) is 0 Å². The van der Waals surface area contributed by atoms with Gasteiger partial charge in [-0.25, -0.2) is 8.42 Å². The van der Waals surface area contributed by atoms with E-state index >= 15 is 0 Å². The Labute approximate surface area is 174 Å². The van der Waals surface area contributed by atoms with E-state index in [9.17, 15) is 13.5 Å². The minimum atomic E-state index is -3.49. The molecule has 7 nitrogen and oxygen atoms in total. The summed E-state index contributed by atoms with van der Waals surface area (Å²) in [5.74, 6) is 0.214. The standard InChI is InChI=1S/C20H26N4O3S2/c1-2-21-20(22-10-9-15-12-23-18-7-4-3-6-17(15)18)24-13-16(25)14-29(26,27)19-8-5-11-28-19/h3-8,11-12,16,23,25H,2,9-10,13-14H2,1H3,(H2,21,22,24). The molecule has 2 aromatic heterocycles. The SMILES string of the molecule is CCNC(=NCC(O)CS(=O)(=O)c1cccs1)NCCc1c[nH]c2ccccc12. The predicted molar refractivity (Wildman–Crippen MR) is 118 cm³/mol. The van der Waals surface area contributed by atoms with Crippen molar-refractivity contribution in [1.29, 1.82) is 0 Å². The molecule has 0 aliphatic heterocycles.